The zero-order valence-electron chi connectivity index (χ0n) is 23.4. The molecule has 10 rings (SSSR count). The van der Waals surface area contributed by atoms with Gasteiger partial charge in [0.1, 0.15) is 6.17 Å². The molecule has 8 nitrogen and oxygen atoms in total. The molecule has 3 aromatic rings. The van der Waals surface area contributed by atoms with Gasteiger partial charge in [-0.05, 0) is 100 Å². The molecule has 2 unspecified atom stereocenters. The van der Waals surface area contributed by atoms with Crippen LogP contribution in [0.5, 0.6) is 0 Å². The van der Waals surface area contributed by atoms with E-state index in [1.54, 1.807) is 0 Å². The third-order valence-corrected chi connectivity index (χ3v) is 11.1. The van der Waals surface area contributed by atoms with Crippen molar-refractivity contribution in [3.8, 4) is 11.4 Å². The first-order chi connectivity index (χ1) is 20.3. The minimum Gasteiger partial charge on any atom is -0.339 e. The molecule has 42 heavy (non-hydrogen) atoms. The van der Waals surface area contributed by atoms with Gasteiger partial charge in [0, 0.05) is 35.0 Å². The molecule has 4 bridgehead atoms. The molecule has 1 aromatic carbocycles. The summed E-state index contributed by atoms with van der Waals surface area (Å²) in [6.07, 6.45) is 5.00. The number of aromatic nitrogens is 4. The van der Waals surface area contributed by atoms with Gasteiger partial charge in [-0.3, -0.25) is 4.79 Å². The Morgan fingerprint density at radius 3 is 2.40 bits per heavy atom. The van der Waals surface area contributed by atoms with E-state index in [9.17, 15) is 18.0 Å². The van der Waals surface area contributed by atoms with Gasteiger partial charge in [-0.1, -0.05) is 22.4 Å². The molecular weight excluding hydrogens is 547 g/mol. The predicted molar refractivity (Wildman–Crippen MR) is 144 cm³/mol. The van der Waals surface area contributed by atoms with Crippen LogP contribution in [-0.2, 0) is 10.2 Å². The SMILES string of the molecule is O=C(C1CC(F)C2CC1C2)N(CC12CCC(c3nc(C(F)F)no3)(CC1)CC2)c1cccc(-c2noc(C3CC3)n2)c1. The van der Waals surface area contributed by atoms with E-state index in [0.717, 1.165) is 75.5 Å². The summed E-state index contributed by atoms with van der Waals surface area (Å²) in [6, 6.07) is 7.74. The van der Waals surface area contributed by atoms with Crippen LogP contribution in [0.2, 0.25) is 0 Å². The third kappa shape index (κ3) is 4.37. The Kier molecular flexibility index (Phi) is 6.06. The van der Waals surface area contributed by atoms with Crippen LogP contribution in [-0.4, -0.2) is 38.9 Å². The summed E-state index contributed by atoms with van der Waals surface area (Å²) in [5.74, 6) is 1.29. The van der Waals surface area contributed by atoms with E-state index in [1.807, 2.05) is 29.2 Å². The molecular formula is C31H34F3N5O3. The van der Waals surface area contributed by atoms with E-state index >= 15 is 0 Å². The number of nitrogens with zero attached hydrogens (tertiary/aromatic N) is 5. The maximum absolute atomic E-state index is 14.8. The van der Waals surface area contributed by atoms with Crippen LogP contribution in [0.3, 0.4) is 0 Å². The van der Waals surface area contributed by atoms with Crippen LogP contribution in [0.15, 0.2) is 33.3 Å². The Balaban J connectivity index is 1.08. The van der Waals surface area contributed by atoms with Crippen molar-refractivity contribution in [1.82, 2.24) is 20.3 Å². The van der Waals surface area contributed by atoms with Crippen molar-refractivity contribution in [1.29, 1.82) is 0 Å². The standard InChI is InChI=1S/C31H34F3N5O3/c32-23-15-22(19-12-20(23)13-19)28(40)39(21-3-1-2-18(14-21)25-35-27(41-37-25)17-4-5-17)16-30-6-9-31(10-7-30,11-8-30)29-36-26(24(33)34)38-42-29/h1-3,14,17,19-20,22-24H,4-13,15-16H2. The van der Waals surface area contributed by atoms with Crippen LogP contribution >= 0.6 is 0 Å². The number of halogens is 3. The molecule has 2 aromatic heterocycles. The highest BCUT2D eigenvalue weighted by Crippen LogP contribution is 2.58. The second-order valence-electron chi connectivity index (χ2n) is 13.6. The van der Waals surface area contributed by atoms with Gasteiger partial charge in [-0.25, -0.2) is 13.2 Å². The normalized spacial score (nSPS) is 33.5. The second kappa shape index (κ2) is 9.64. The summed E-state index contributed by atoms with van der Waals surface area (Å²) in [6.45, 7) is 0.528. The predicted octanol–water partition coefficient (Wildman–Crippen LogP) is 6.94. The lowest BCUT2D eigenvalue weighted by Crippen LogP contribution is -2.54. The van der Waals surface area contributed by atoms with E-state index in [2.05, 4.69) is 20.3 Å². The van der Waals surface area contributed by atoms with Gasteiger partial charge in [-0.2, -0.15) is 9.97 Å². The molecule has 2 heterocycles. The van der Waals surface area contributed by atoms with E-state index in [1.165, 1.54) is 0 Å². The zero-order chi connectivity index (χ0) is 28.6. The fourth-order valence-electron chi connectivity index (χ4n) is 8.12. The average Bonchev–Trinajstić information content (AvgIpc) is 3.49. The molecule has 0 radical (unpaired) electrons. The summed E-state index contributed by atoms with van der Waals surface area (Å²) >= 11 is 0. The fourth-order valence-corrected chi connectivity index (χ4v) is 8.12. The molecule has 7 aliphatic rings. The van der Waals surface area contributed by atoms with Crippen LogP contribution in [0, 0.1) is 23.2 Å². The zero-order valence-corrected chi connectivity index (χ0v) is 23.4. The maximum Gasteiger partial charge on any atom is 0.300 e. The molecule has 2 atom stereocenters. The topological polar surface area (TPSA) is 98.2 Å². The number of benzene rings is 1. The Morgan fingerprint density at radius 2 is 1.74 bits per heavy atom. The molecule has 1 amide bonds. The highest BCUT2D eigenvalue weighted by Gasteiger charge is 2.55. The first-order valence-corrected chi connectivity index (χ1v) is 15.3. The van der Waals surface area contributed by atoms with Gasteiger partial charge in [0.25, 0.3) is 0 Å². The Bertz CT molecular complexity index is 1470. The quantitative estimate of drug-likeness (QED) is 0.284. The van der Waals surface area contributed by atoms with Gasteiger partial charge in [0.2, 0.25) is 29.3 Å². The van der Waals surface area contributed by atoms with Crippen molar-refractivity contribution in [2.75, 3.05) is 11.4 Å². The minimum atomic E-state index is -2.76. The maximum atomic E-state index is 14.8. The second-order valence-corrected chi connectivity index (χ2v) is 13.6. The van der Waals surface area contributed by atoms with Crippen LogP contribution in [0.4, 0.5) is 18.9 Å². The number of alkyl halides is 3. The van der Waals surface area contributed by atoms with Crippen molar-refractivity contribution in [3.63, 3.8) is 0 Å². The molecule has 0 aliphatic heterocycles. The first-order valence-electron chi connectivity index (χ1n) is 15.3. The van der Waals surface area contributed by atoms with Crippen molar-refractivity contribution in [2.45, 2.75) is 94.6 Å². The highest BCUT2D eigenvalue weighted by molar-refractivity contribution is 5.96. The number of hydrogen-bond donors (Lipinski definition) is 0. The molecule has 7 saturated carbocycles. The third-order valence-electron chi connectivity index (χ3n) is 11.1. The van der Waals surface area contributed by atoms with Gasteiger partial charge in [-0.15, -0.1) is 0 Å². The van der Waals surface area contributed by atoms with E-state index < -0.39 is 18.4 Å². The molecule has 7 fully saturated rings. The van der Waals surface area contributed by atoms with Crippen molar-refractivity contribution < 1.29 is 27.0 Å². The van der Waals surface area contributed by atoms with Crippen molar-refractivity contribution in [2.24, 2.45) is 23.2 Å². The van der Waals surface area contributed by atoms with Crippen LogP contribution in [0.25, 0.3) is 11.4 Å². The molecule has 0 N–H and O–H groups in total. The van der Waals surface area contributed by atoms with E-state index in [0.29, 0.717) is 36.5 Å². The lowest BCUT2D eigenvalue weighted by Gasteiger charge is -2.54. The van der Waals surface area contributed by atoms with Gasteiger partial charge in [0.15, 0.2) is 0 Å². The summed E-state index contributed by atoms with van der Waals surface area (Å²) in [4.78, 5) is 24.9. The van der Waals surface area contributed by atoms with E-state index in [4.69, 9.17) is 9.05 Å². The summed E-state index contributed by atoms with van der Waals surface area (Å²) in [5.41, 5.74) is 1.03. The lowest BCUT2D eigenvalue weighted by molar-refractivity contribution is -0.133. The number of fused-ring (bicyclic) bond motifs is 5. The smallest absolute Gasteiger partial charge is 0.300 e. The fraction of sp³-hybridized carbons (Fsp3) is 0.645. The van der Waals surface area contributed by atoms with Crippen LogP contribution in [0.1, 0.15) is 101 Å². The van der Waals surface area contributed by atoms with E-state index in [-0.39, 0.29) is 34.5 Å². The number of anilines is 1. The van der Waals surface area contributed by atoms with Gasteiger partial charge in [0.05, 0.1) is 0 Å². The molecule has 222 valence electrons. The summed E-state index contributed by atoms with van der Waals surface area (Å²) in [7, 11) is 0. The molecule has 0 spiro atoms. The Hall–Kier alpha value is -3.24. The highest BCUT2D eigenvalue weighted by atomic mass is 19.3. The molecule has 0 saturated heterocycles. The van der Waals surface area contributed by atoms with Crippen molar-refractivity contribution in [3.05, 3.63) is 41.9 Å². The number of carbonyl (C=O) groups is 1. The van der Waals surface area contributed by atoms with Gasteiger partial charge >= 0.3 is 6.43 Å². The number of rotatable bonds is 8. The van der Waals surface area contributed by atoms with Gasteiger partial charge < -0.3 is 13.9 Å². The number of carbonyl (C=O) groups excluding carboxylic acids is 1. The number of amides is 1. The number of hydrogen-bond acceptors (Lipinski definition) is 7. The average molecular weight is 582 g/mol. The first kappa shape index (κ1) is 26.4. The Morgan fingerprint density at radius 1 is 0.976 bits per heavy atom. The largest absolute Gasteiger partial charge is 0.339 e. The lowest BCUT2D eigenvalue weighted by atomic mass is 9.53. The minimum absolute atomic E-state index is 0.00000640. The molecule has 11 heteroatoms. The monoisotopic (exact) mass is 581 g/mol. The summed E-state index contributed by atoms with van der Waals surface area (Å²) < 4.78 is 52.0. The Labute approximate surface area is 241 Å². The molecule has 7 aliphatic carbocycles. The van der Waals surface area contributed by atoms with Crippen molar-refractivity contribution >= 4 is 11.6 Å². The summed E-state index contributed by atoms with van der Waals surface area (Å²) in [5, 5.41) is 7.72. The van der Waals surface area contributed by atoms with Crippen LogP contribution < -0.4 is 4.90 Å².